The molecule has 0 spiro atoms. The molecule has 0 bridgehead atoms. The monoisotopic (exact) mass is 256 g/mol. The Morgan fingerprint density at radius 3 is 2.63 bits per heavy atom. The highest BCUT2D eigenvalue weighted by Gasteiger charge is 2.12. The SMILES string of the molecule is CC(CNC(C)(C)C)Cc1cncc2ccccc12. The van der Waals surface area contributed by atoms with Crippen molar-refractivity contribution in [3.05, 3.63) is 42.2 Å². The van der Waals surface area contributed by atoms with Gasteiger partial charge in [-0.15, -0.1) is 0 Å². The molecule has 2 rings (SSSR count). The van der Waals surface area contributed by atoms with Crippen molar-refractivity contribution in [2.24, 2.45) is 5.92 Å². The molecule has 102 valence electrons. The lowest BCUT2D eigenvalue weighted by Gasteiger charge is -2.23. The van der Waals surface area contributed by atoms with E-state index in [4.69, 9.17) is 0 Å². The Hall–Kier alpha value is -1.41. The average Bonchev–Trinajstić information content (AvgIpc) is 2.36. The molecule has 0 saturated heterocycles. The molecule has 0 fully saturated rings. The Bertz CT molecular complexity index is 535. The third-order valence-corrected chi connectivity index (χ3v) is 3.30. The second kappa shape index (κ2) is 5.70. The van der Waals surface area contributed by atoms with Crippen LogP contribution in [0.5, 0.6) is 0 Å². The minimum atomic E-state index is 0.186. The Labute approximate surface area is 116 Å². The molecule has 0 amide bonds. The molecule has 1 atom stereocenters. The van der Waals surface area contributed by atoms with Crippen LogP contribution >= 0.6 is 0 Å². The van der Waals surface area contributed by atoms with E-state index in [1.54, 1.807) is 0 Å². The third kappa shape index (κ3) is 4.03. The fraction of sp³-hybridized carbons (Fsp3) is 0.471. The zero-order valence-electron chi connectivity index (χ0n) is 12.4. The number of rotatable bonds is 4. The highest BCUT2D eigenvalue weighted by Crippen LogP contribution is 2.20. The van der Waals surface area contributed by atoms with E-state index in [0.717, 1.165) is 13.0 Å². The van der Waals surface area contributed by atoms with Crippen molar-refractivity contribution < 1.29 is 0 Å². The smallest absolute Gasteiger partial charge is 0.0346 e. The van der Waals surface area contributed by atoms with Crippen molar-refractivity contribution >= 4 is 10.8 Å². The van der Waals surface area contributed by atoms with Gasteiger partial charge in [0.1, 0.15) is 0 Å². The van der Waals surface area contributed by atoms with Crippen LogP contribution in [0.4, 0.5) is 0 Å². The van der Waals surface area contributed by atoms with E-state index in [1.165, 1.54) is 16.3 Å². The number of pyridine rings is 1. The molecule has 2 nitrogen and oxygen atoms in total. The van der Waals surface area contributed by atoms with E-state index in [1.807, 2.05) is 12.4 Å². The first-order valence-corrected chi connectivity index (χ1v) is 7.02. The van der Waals surface area contributed by atoms with Gasteiger partial charge >= 0.3 is 0 Å². The van der Waals surface area contributed by atoms with Crippen LogP contribution in [0.2, 0.25) is 0 Å². The molecule has 1 heterocycles. The van der Waals surface area contributed by atoms with Gasteiger partial charge in [-0.1, -0.05) is 31.2 Å². The highest BCUT2D eigenvalue weighted by atomic mass is 14.9. The van der Waals surface area contributed by atoms with Crippen LogP contribution in [0.3, 0.4) is 0 Å². The van der Waals surface area contributed by atoms with E-state index < -0.39 is 0 Å². The van der Waals surface area contributed by atoms with E-state index in [0.29, 0.717) is 5.92 Å². The largest absolute Gasteiger partial charge is 0.312 e. The second-order valence-electron chi connectivity index (χ2n) is 6.46. The summed E-state index contributed by atoms with van der Waals surface area (Å²) in [4.78, 5) is 4.35. The van der Waals surface area contributed by atoms with Crippen LogP contribution in [0.15, 0.2) is 36.7 Å². The fourth-order valence-electron chi connectivity index (χ4n) is 2.27. The quantitative estimate of drug-likeness (QED) is 0.900. The average molecular weight is 256 g/mol. The summed E-state index contributed by atoms with van der Waals surface area (Å²) in [5.41, 5.74) is 1.53. The van der Waals surface area contributed by atoms with Crippen molar-refractivity contribution in [1.29, 1.82) is 0 Å². The summed E-state index contributed by atoms with van der Waals surface area (Å²) in [6, 6.07) is 8.49. The molecule has 2 heteroatoms. The summed E-state index contributed by atoms with van der Waals surface area (Å²) in [7, 11) is 0. The van der Waals surface area contributed by atoms with Crippen LogP contribution in [0, 0.1) is 5.92 Å². The molecule has 19 heavy (non-hydrogen) atoms. The van der Waals surface area contributed by atoms with Crippen LogP contribution in [0.25, 0.3) is 10.8 Å². The summed E-state index contributed by atoms with van der Waals surface area (Å²) in [5, 5.41) is 6.14. The standard InChI is InChI=1S/C17H24N2/c1-13(10-19-17(2,3)4)9-15-12-18-11-14-7-5-6-8-16(14)15/h5-8,11-13,19H,9-10H2,1-4H3. The zero-order valence-corrected chi connectivity index (χ0v) is 12.4. The lowest BCUT2D eigenvalue weighted by atomic mass is 9.97. The third-order valence-electron chi connectivity index (χ3n) is 3.30. The summed E-state index contributed by atoms with van der Waals surface area (Å²) in [6.07, 6.45) is 5.02. The normalized spacial score (nSPS) is 13.7. The fourth-order valence-corrected chi connectivity index (χ4v) is 2.27. The number of nitrogens with one attached hydrogen (secondary N) is 1. The molecule has 1 unspecified atom stereocenters. The molecule has 0 aliphatic heterocycles. The van der Waals surface area contributed by atoms with Crippen molar-refractivity contribution in [2.75, 3.05) is 6.54 Å². The van der Waals surface area contributed by atoms with Gasteiger partial charge in [0.2, 0.25) is 0 Å². The number of nitrogens with zero attached hydrogens (tertiary/aromatic N) is 1. The molecule has 0 radical (unpaired) electrons. The Kier molecular flexibility index (Phi) is 4.20. The van der Waals surface area contributed by atoms with E-state index in [-0.39, 0.29) is 5.54 Å². The number of hydrogen-bond acceptors (Lipinski definition) is 2. The molecule has 0 saturated carbocycles. The van der Waals surface area contributed by atoms with Gasteiger partial charge in [-0.2, -0.15) is 0 Å². The van der Waals surface area contributed by atoms with Crippen molar-refractivity contribution in [3.8, 4) is 0 Å². The first-order chi connectivity index (χ1) is 8.96. The molecule has 2 aromatic rings. The summed E-state index contributed by atoms with van der Waals surface area (Å²) < 4.78 is 0. The predicted molar refractivity (Wildman–Crippen MR) is 82.4 cm³/mol. The van der Waals surface area contributed by atoms with Gasteiger partial charge in [-0.05, 0) is 50.6 Å². The molecular weight excluding hydrogens is 232 g/mol. The van der Waals surface area contributed by atoms with Crippen molar-refractivity contribution in [2.45, 2.75) is 39.7 Å². The first-order valence-electron chi connectivity index (χ1n) is 7.02. The lowest BCUT2D eigenvalue weighted by molar-refractivity contribution is 0.382. The van der Waals surface area contributed by atoms with Gasteiger partial charge in [0.25, 0.3) is 0 Å². The van der Waals surface area contributed by atoms with Gasteiger partial charge in [0.05, 0.1) is 0 Å². The van der Waals surface area contributed by atoms with Gasteiger partial charge in [-0.3, -0.25) is 4.98 Å². The maximum atomic E-state index is 4.35. The molecule has 1 aromatic heterocycles. The zero-order chi connectivity index (χ0) is 13.9. The molecule has 1 N–H and O–H groups in total. The maximum absolute atomic E-state index is 4.35. The van der Waals surface area contributed by atoms with Crippen LogP contribution in [-0.4, -0.2) is 17.1 Å². The van der Waals surface area contributed by atoms with E-state index in [2.05, 4.69) is 62.3 Å². The van der Waals surface area contributed by atoms with Crippen molar-refractivity contribution in [1.82, 2.24) is 10.3 Å². The molecule has 1 aromatic carbocycles. The van der Waals surface area contributed by atoms with Gasteiger partial charge in [0.15, 0.2) is 0 Å². The highest BCUT2D eigenvalue weighted by molar-refractivity contribution is 5.84. The number of aromatic nitrogens is 1. The summed E-state index contributed by atoms with van der Waals surface area (Å²) >= 11 is 0. The van der Waals surface area contributed by atoms with Crippen LogP contribution < -0.4 is 5.32 Å². The second-order valence-corrected chi connectivity index (χ2v) is 6.46. The van der Waals surface area contributed by atoms with E-state index >= 15 is 0 Å². The predicted octanol–water partition coefficient (Wildman–Crippen LogP) is 3.80. The molecular formula is C17H24N2. The van der Waals surface area contributed by atoms with Crippen molar-refractivity contribution in [3.63, 3.8) is 0 Å². The van der Waals surface area contributed by atoms with Gasteiger partial charge in [0, 0.05) is 23.3 Å². The minimum absolute atomic E-state index is 0.186. The number of fused-ring (bicyclic) bond motifs is 1. The summed E-state index contributed by atoms with van der Waals surface area (Å²) in [5.74, 6) is 0.604. The molecule has 0 aliphatic carbocycles. The van der Waals surface area contributed by atoms with Crippen LogP contribution in [-0.2, 0) is 6.42 Å². The Balaban J connectivity index is 2.09. The van der Waals surface area contributed by atoms with Gasteiger partial charge in [-0.25, -0.2) is 0 Å². The van der Waals surface area contributed by atoms with Crippen LogP contribution in [0.1, 0.15) is 33.3 Å². The number of benzene rings is 1. The first kappa shape index (κ1) is 14.0. The minimum Gasteiger partial charge on any atom is -0.312 e. The summed E-state index contributed by atoms with van der Waals surface area (Å²) in [6.45, 7) is 9.95. The lowest BCUT2D eigenvalue weighted by Crippen LogP contribution is -2.39. The maximum Gasteiger partial charge on any atom is 0.0346 e. The number of hydrogen-bond donors (Lipinski definition) is 1. The van der Waals surface area contributed by atoms with Gasteiger partial charge < -0.3 is 5.32 Å². The molecule has 0 aliphatic rings. The Morgan fingerprint density at radius 2 is 1.89 bits per heavy atom. The topological polar surface area (TPSA) is 24.9 Å². The Morgan fingerprint density at radius 1 is 1.16 bits per heavy atom. The van der Waals surface area contributed by atoms with E-state index in [9.17, 15) is 0 Å².